The summed E-state index contributed by atoms with van der Waals surface area (Å²) in [6, 6.07) is 5.14. The summed E-state index contributed by atoms with van der Waals surface area (Å²) < 4.78 is 5.72. The predicted molar refractivity (Wildman–Crippen MR) is 110 cm³/mol. The molecule has 1 aromatic carbocycles. The molecule has 2 atom stereocenters. The number of likely N-dealkylation sites (tertiary alicyclic amines) is 1. The van der Waals surface area contributed by atoms with E-state index in [1.165, 1.54) is 0 Å². The molecule has 152 valence electrons. The Balaban J connectivity index is 2.52. The van der Waals surface area contributed by atoms with Crippen molar-refractivity contribution in [1.82, 2.24) is 4.90 Å². The van der Waals surface area contributed by atoms with E-state index >= 15 is 0 Å². The minimum Gasteiger partial charge on any atom is -0.444 e. The number of hydrogen-bond donors (Lipinski definition) is 1. The summed E-state index contributed by atoms with van der Waals surface area (Å²) in [6.45, 7) is 11.7. The van der Waals surface area contributed by atoms with Gasteiger partial charge in [-0.3, -0.25) is 4.90 Å². The molecule has 2 unspecified atom stereocenters. The fraction of sp³-hybridized carbons (Fsp3) is 0.667. The van der Waals surface area contributed by atoms with Crippen molar-refractivity contribution in [3.63, 3.8) is 0 Å². The number of hydrogen-bond acceptors (Lipinski definition) is 3. The van der Waals surface area contributed by atoms with Crippen LogP contribution in [0.5, 0.6) is 0 Å². The number of carbonyl (C=O) groups is 1. The third-order valence-electron chi connectivity index (χ3n) is 5.25. The van der Waals surface area contributed by atoms with Gasteiger partial charge in [-0.15, -0.1) is 0 Å². The molecule has 0 radical (unpaired) electrons. The van der Waals surface area contributed by atoms with Gasteiger partial charge in [0.25, 0.3) is 0 Å². The molecule has 1 N–H and O–H groups in total. The molecule has 1 aliphatic heterocycles. The summed E-state index contributed by atoms with van der Waals surface area (Å²) in [6.07, 6.45) is 1.68. The highest BCUT2D eigenvalue weighted by Crippen LogP contribution is 2.51. The van der Waals surface area contributed by atoms with Gasteiger partial charge in [0.05, 0.1) is 15.6 Å². The van der Waals surface area contributed by atoms with Crippen LogP contribution in [0, 0.1) is 0 Å². The maximum absolute atomic E-state index is 13.2. The molecule has 1 aliphatic rings. The maximum Gasteiger partial charge on any atom is 0.411 e. The first-order valence-electron chi connectivity index (χ1n) is 9.50. The number of aliphatic hydroxyl groups is 1. The molecular weight excluding hydrogens is 385 g/mol. The van der Waals surface area contributed by atoms with Gasteiger partial charge in [0.2, 0.25) is 0 Å². The lowest BCUT2D eigenvalue weighted by atomic mass is 9.81. The largest absolute Gasteiger partial charge is 0.444 e. The van der Waals surface area contributed by atoms with Crippen molar-refractivity contribution < 1.29 is 14.6 Å². The highest BCUT2D eigenvalue weighted by Gasteiger charge is 2.57. The molecule has 0 aliphatic carbocycles. The van der Waals surface area contributed by atoms with Crippen LogP contribution in [-0.2, 0) is 4.74 Å². The molecular formula is C21H31Cl2NO3. The lowest BCUT2D eigenvalue weighted by Crippen LogP contribution is -2.58. The van der Waals surface area contributed by atoms with E-state index in [4.69, 9.17) is 27.9 Å². The van der Waals surface area contributed by atoms with Gasteiger partial charge >= 0.3 is 6.09 Å². The zero-order valence-corrected chi connectivity index (χ0v) is 18.6. The van der Waals surface area contributed by atoms with Crippen LogP contribution in [0.3, 0.4) is 0 Å². The van der Waals surface area contributed by atoms with Crippen molar-refractivity contribution in [1.29, 1.82) is 0 Å². The molecule has 1 fully saturated rings. The van der Waals surface area contributed by atoms with Crippen LogP contribution in [0.25, 0.3) is 0 Å². The minimum absolute atomic E-state index is 0.390. The second kappa shape index (κ2) is 7.81. The number of halogens is 2. The number of benzene rings is 1. The van der Waals surface area contributed by atoms with Crippen molar-refractivity contribution in [3.8, 4) is 0 Å². The van der Waals surface area contributed by atoms with Crippen molar-refractivity contribution in [3.05, 3.63) is 33.8 Å². The van der Waals surface area contributed by atoms with Crippen LogP contribution in [0.4, 0.5) is 4.79 Å². The monoisotopic (exact) mass is 415 g/mol. The molecule has 0 spiro atoms. The summed E-state index contributed by atoms with van der Waals surface area (Å²) in [7, 11) is 0. The van der Waals surface area contributed by atoms with Gasteiger partial charge in [0.15, 0.2) is 0 Å². The zero-order valence-electron chi connectivity index (χ0n) is 17.1. The SMILES string of the molecule is CCCC1(C(O)c2ccc(Cl)c(Cl)c2)CCC(C)(C)N1C(=O)OC(C)(C)C. The molecule has 0 bridgehead atoms. The summed E-state index contributed by atoms with van der Waals surface area (Å²) >= 11 is 12.2. The number of ether oxygens (including phenoxy) is 1. The third kappa shape index (κ3) is 4.55. The Morgan fingerprint density at radius 2 is 1.89 bits per heavy atom. The maximum atomic E-state index is 13.2. The van der Waals surface area contributed by atoms with Crippen molar-refractivity contribution in [2.24, 2.45) is 0 Å². The van der Waals surface area contributed by atoms with E-state index in [1.54, 1.807) is 23.1 Å². The quantitative estimate of drug-likeness (QED) is 0.620. The average molecular weight is 416 g/mol. The summed E-state index contributed by atoms with van der Waals surface area (Å²) in [5, 5.41) is 12.2. The van der Waals surface area contributed by atoms with Gasteiger partial charge in [0, 0.05) is 5.54 Å². The van der Waals surface area contributed by atoms with Crippen LogP contribution in [-0.4, -0.2) is 32.8 Å². The van der Waals surface area contributed by atoms with Gasteiger partial charge in [0.1, 0.15) is 11.7 Å². The Bertz CT molecular complexity index is 699. The second-order valence-electron chi connectivity index (χ2n) is 9.06. The van der Waals surface area contributed by atoms with E-state index in [9.17, 15) is 9.90 Å². The molecule has 4 nitrogen and oxygen atoms in total. The van der Waals surface area contributed by atoms with E-state index in [0.29, 0.717) is 28.5 Å². The van der Waals surface area contributed by atoms with Crippen LogP contribution < -0.4 is 0 Å². The first kappa shape index (κ1) is 22.3. The highest BCUT2D eigenvalue weighted by molar-refractivity contribution is 6.42. The Morgan fingerprint density at radius 3 is 2.41 bits per heavy atom. The van der Waals surface area contributed by atoms with Gasteiger partial charge in [-0.25, -0.2) is 4.79 Å². The molecule has 0 saturated carbocycles. The third-order valence-corrected chi connectivity index (χ3v) is 5.99. The molecule has 1 amide bonds. The summed E-state index contributed by atoms with van der Waals surface area (Å²) in [5.41, 5.74) is -1.13. The molecule has 27 heavy (non-hydrogen) atoms. The van der Waals surface area contributed by atoms with Gasteiger partial charge < -0.3 is 9.84 Å². The fourth-order valence-electron chi connectivity index (χ4n) is 4.14. The number of amides is 1. The van der Waals surface area contributed by atoms with E-state index in [0.717, 1.165) is 12.8 Å². The number of nitrogens with zero attached hydrogens (tertiary/aromatic N) is 1. The van der Waals surface area contributed by atoms with Crippen LogP contribution in [0.2, 0.25) is 10.0 Å². The fourth-order valence-corrected chi connectivity index (χ4v) is 4.45. The van der Waals surface area contributed by atoms with Crippen LogP contribution in [0.1, 0.15) is 78.9 Å². The number of aliphatic hydroxyl groups excluding tert-OH is 1. The first-order valence-corrected chi connectivity index (χ1v) is 10.3. The molecule has 1 aromatic rings. The Hall–Kier alpha value is -0.970. The molecule has 2 rings (SSSR count). The molecule has 1 saturated heterocycles. The second-order valence-corrected chi connectivity index (χ2v) is 9.87. The smallest absolute Gasteiger partial charge is 0.411 e. The summed E-state index contributed by atoms with van der Waals surface area (Å²) in [4.78, 5) is 14.9. The minimum atomic E-state index is -0.887. The normalized spacial score (nSPS) is 23.4. The molecule has 6 heteroatoms. The average Bonchev–Trinajstić information content (AvgIpc) is 2.80. The van der Waals surface area contributed by atoms with Crippen LogP contribution >= 0.6 is 23.2 Å². The van der Waals surface area contributed by atoms with Gasteiger partial charge in [-0.1, -0.05) is 42.6 Å². The molecule has 0 aromatic heterocycles. The molecule has 1 heterocycles. The standard InChI is InChI=1S/C21H31Cl2NO3/c1-7-10-21(17(25)14-8-9-15(22)16(23)13-14)12-11-20(5,6)24(21)18(26)27-19(2,3)4/h8-9,13,17,25H,7,10-12H2,1-6H3. The van der Waals surface area contributed by atoms with E-state index in [1.807, 2.05) is 34.6 Å². The lowest BCUT2D eigenvalue weighted by Gasteiger charge is -2.47. The Kier molecular flexibility index (Phi) is 6.45. The van der Waals surface area contributed by atoms with Crippen molar-refractivity contribution in [2.75, 3.05) is 0 Å². The van der Waals surface area contributed by atoms with Crippen LogP contribution in [0.15, 0.2) is 18.2 Å². The first-order chi connectivity index (χ1) is 12.3. The van der Waals surface area contributed by atoms with Crippen molar-refractivity contribution in [2.45, 2.75) is 90.0 Å². The topological polar surface area (TPSA) is 49.8 Å². The highest BCUT2D eigenvalue weighted by atomic mass is 35.5. The van der Waals surface area contributed by atoms with E-state index in [-0.39, 0.29) is 0 Å². The van der Waals surface area contributed by atoms with E-state index < -0.39 is 28.9 Å². The Morgan fingerprint density at radius 1 is 1.26 bits per heavy atom. The van der Waals surface area contributed by atoms with Crippen molar-refractivity contribution >= 4 is 29.3 Å². The Labute approximate surface area is 172 Å². The van der Waals surface area contributed by atoms with Gasteiger partial charge in [-0.05, 0) is 71.6 Å². The lowest BCUT2D eigenvalue weighted by molar-refractivity contribution is -0.0612. The van der Waals surface area contributed by atoms with Gasteiger partial charge in [-0.2, -0.15) is 0 Å². The number of rotatable bonds is 4. The zero-order chi connectivity index (χ0) is 20.6. The summed E-state index contributed by atoms with van der Waals surface area (Å²) in [5.74, 6) is 0. The number of carbonyl (C=O) groups excluding carboxylic acids is 1. The predicted octanol–water partition coefficient (Wildman–Crippen LogP) is 6.38. The van der Waals surface area contributed by atoms with E-state index in [2.05, 4.69) is 6.92 Å².